The standard InChI is InChI=1S/C18H4F12N2O4/c19-15(20,21)33-10-1-6-7-2-11(34-16(22,23)24)13(36-18(28,29)30)4-9(7)14(32-5-31)8(6)3-12(10)35-17(25,26)27/h1-4H. The molecule has 0 fully saturated rings. The molecular formula is C18H4F12N2O4. The first-order valence-electron chi connectivity index (χ1n) is 8.63. The van der Waals surface area contributed by atoms with Crippen LogP contribution >= 0.6 is 0 Å². The number of alkyl halides is 12. The molecule has 0 spiro atoms. The average molecular weight is 540 g/mol. The van der Waals surface area contributed by atoms with Gasteiger partial charge in [0, 0.05) is 11.1 Å². The lowest BCUT2D eigenvalue weighted by molar-refractivity contribution is -0.287. The maximum atomic E-state index is 12.8. The van der Waals surface area contributed by atoms with Gasteiger partial charge in [0.2, 0.25) is 6.19 Å². The van der Waals surface area contributed by atoms with Gasteiger partial charge in [-0.15, -0.1) is 52.7 Å². The quantitative estimate of drug-likeness (QED) is 0.276. The largest absolute Gasteiger partial charge is 0.573 e. The maximum absolute atomic E-state index is 12.8. The Morgan fingerprint density at radius 3 is 0.972 bits per heavy atom. The zero-order valence-corrected chi connectivity index (χ0v) is 16.4. The third-order valence-corrected chi connectivity index (χ3v) is 4.03. The number of rotatable bonds is 4. The van der Waals surface area contributed by atoms with E-state index in [1.54, 1.807) is 0 Å². The Hall–Kier alpha value is -4.04. The molecule has 194 valence electrons. The van der Waals surface area contributed by atoms with E-state index in [1.165, 1.54) is 6.19 Å². The van der Waals surface area contributed by atoms with Crippen LogP contribution in [-0.4, -0.2) is 31.2 Å². The molecule has 0 atom stereocenters. The van der Waals surface area contributed by atoms with Gasteiger partial charge in [0.1, 0.15) is 0 Å². The molecular weight excluding hydrogens is 536 g/mol. The molecule has 18 heteroatoms. The van der Waals surface area contributed by atoms with Crippen LogP contribution in [0.1, 0.15) is 11.1 Å². The molecule has 2 aromatic rings. The summed E-state index contributed by atoms with van der Waals surface area (Å²) in [4.78, 5) is 3.21. The van der Waals surface area contributed by atoms with Crippen LogP contribution < -0.4 is 18.9 Å². The number of ether oxygens (including phenoxy) is 4. The van der Waals surface area contributed by atoms with Crippen molar-refractivity contribution in [2.75, 3.05) is 0 Å². The molecule has 0 aliphatic heterocycles. The van der Waals surface area contributed by atoms with Gasteiger partial charge < -0.3 is 18.9 Å². The van der Waals surface area contributed by atoms with Gasteiger partial charge in [0.25, 0.3) is 0 Å². The second kappa shape index (κ2) is 8.57. The van der Waals surface area contributed by atoms with Crippen molar-refractivity contribution in [1.29, 1.82) is 5.26 Å². The van der Waals surface area contributed by atoms with Crippen molar-refractivity contribution in [3.8, 4) is 40.3 Å². The van der Waals surface area contributed by atoms with Crippen molar-refractivity contribution in [2.24, 2.45) is 4.99 Å². The van der Waals surface area contributed by atoms with E-state index in [-0.39, 0.29) is 24.3 Å². The Morgan fingerprint density at radius 2 is 0.750 bits per heavy atom. The van der Waals surface area contributed by atoms with E-state index in [0.29, 0.717) is 0 Å². The van der Waals surface area contributed by atoms with E-state index in [4.69, 9.17) is 5.26 Å². The van der Waals surface area contributed by atoms with Gasteiger partial charge in [-0.25, -0.2) is 0 Å². The zero-order valence-electron chi connectivity index (χ0n) is 16.4. The van der Waals surface area contributed by atoms with E-state index >= 15 is 0 Å². The first kappa shape index (κ1) is 26.6. The fourth-order valence-electron chi connectivity index (χ4n) is 3.09. The number of nitrogens with zero attached hydrogens (tertiary/aromatic N) is 2. The van der Waals surface area contributed by atoms with Gasteiger partial charge in [0.05, 0.1) is 5.71 Å². The molecule has 0 saturated heterocycles. The van der Waals surface area contributed by atoms with E-state index in [9.17, 15) is 52.7 Å². The molecule has 2 aromatic carbocycles. The Bertz CT molecular complexity index is 1170. The van der Waals surface area contributed by atoms with E-state index in [2.05, 4.69) is 23.9 Å². The molecule has 1 aliphatic rings. The van der Waals surface area contributed by atoms with Crippen molar-refractivity contribution in [3.63, 3.8) is 0 Å². The van der Waals surface area contributed by atoms with Crippen LogP contribution in [-0.2, 0) is 0 Å². The lowest BCUT2D eigenvalue weighted by Crippen LogP contribution is -2.21. The molecule has 0 N–H and O–H groups in total. The third kappa shape index (κ3) is 6.34. The Kier molecular flexibility index (Phi) is 6.32. The van der Waals surface area contributed by atoms with E-state index < -0.39 is 76.4 Å². The van der Waals surface area contributed by atoms with Gasteiger partial charge in [-0.2, -0.15) is 10.3 Å². The highest BCUT2D eigenvalue weighted by Crippen LogP contribution is 2.49. The highest BCUT2D eigenvalue weighted by molar-refractivity contribution is 6.25. The fraction of sp³-hybridized carbons (Fsp3) is 0.222. The Morgan fingerprint density at radius 1 is 0.500 bits per heavy atom. The minimum absolute atomic E-state index is 0.254. The SMILES string of the molecule is N#CN=C1c2cc(OC(F)(F)F)c(OC(F)(F)F)cc2-c2cc(OC(F)(F)F)c(OC(F)(F)F)cc21. The summed E-state index contributed by atoms with van der Waals surface area (Å²) < 4.78 is 167. The molecule has 0 saturated carbocycles. The second-order valence-electron chi connectivity index (χ2n) is 6.44. The minimum Gasteiger partial charge on any atom is -0.402 e. The smallest absolute Gasteiger partial charge is 0.402 e. The second-order valence-corrected chi connectivity index (χ2v) is 6.44. The van der Waals surface area contributed by atoms with Gasteiger partial charge in [-0.05, 0) is 35.4 Å². The van der Waals surface area contributed by atoms with Gasteiger partial charge in [-0.3, -0.25) is 0 Å². The molecule has 0 amide bonds. The third-order valence-electron chi connectivity index (χ3n) is 4.03. The molecule has 1 aliphatic carbocycles. The number of fused-ring (bicyclic) bond motifs is 3. The summed E-state index contributed by atoms with van der Waals surface area (Å²) in [5, 5.41) is 8.90. The number of hydrogen-bond donors (Lipinski definition) is 0. The monoisotopic (exact) mass is 540 g/mol. The Labute approximate surface area is 189 Å². The van der Waals surface area contributed by atoms with Crippen LogP contribution in [0.3, 0.4) is 0 Å². The first-order valence-corrected chi connectivity index (χ1v) is 8.63. The van der Waals surface area contributed by atoms with Crippen molar-refractivity contribution >= 4 is 5.71 Å². The minimum atomic E-state index is -5.57. The zero-order chi connectivity index (χ0) is 27.3. The molecule has 0 heterocycles. The maximum Gasteiger partial charge on any atom is 0.573 e. The summed E-state index contributed by atoms with van der Waals surface area (Å²) in [6, 6.07) is 1.03. The Balaban J connectivity index is 2.32. The lowest BCUT2D eigenvalue weighted by atomic mass is 10.0. The highest BCUT2D eigenvalue weighted by Gasteiger charge is 2.41. The number of hydrogen-bond acceptors (Lipinski definition) is 6. The average Bonchev–Trinajstić information content (AvgIpc) is 2.90. The molecule has 6 nitrogen and oxygen atoms in total. The molecule has 3 rings (SSSR count). The first-order chi connectivity index (χ1) is 16.3. The van der Waals surface area contributed by atoms with E-state index in [1.807, 2.05) is 0 Å². The normalized spacial score (nSPS) is 13.5. The van der Waals surface area contributed by atoms with Crippen molar-refractivity contribution < 1.29 is 71.6 Å². The summed E-state index contributed by atoms with van der Waals surface area (Å²) in [6.45, 7) is 0. The predicted octanol–water partition coefficient (Wildman–Crippen LogP) is 6.58. The summed E-state index contributed by atoms with van der Waals surface area (Å²) in [5.41, 5.74) is -3.19. The van der Waals surface area contributed by atoms with Gasteiger partial charge in [0.15, 0.2) is 23.0 Å². The van der Waals surface area contributed by atoms with Crippen LogP contribution in [0.15, 0.2) is 29.3 Å². The fourth-order valence-corrected chi connectivity index (χ4v) is 3.09. The number of halogens is 12. The summed E-state index contributed by atoms with van der Waals surface area (Å²) >= 11 is 0. The summed E-state index contributed by atoms with van der Waals surface area (Å²) in [5.74, 6) is -6.43. The highest BCUT2D eigenvalue weighted by atomic mass is 19.4. The number of nitriles is 1. The van der Waals surface area contributed by atoms with Gasteiger partial charge >= 0.3 is 25.4 Å². The summed E-state index contributed by atoms with van der Waals surface area (Å²) in [7, 11) is 0. The van der Waals surface area contributed by atoms with Crippen molar-refractivity contribution in [3.05, 3.63) is 35.4 Å². The van der Waals surface area contributed by atoms with Gasteiger partial charge in [-0.1, -0.05) is 0 Å². The van der Waals surface area contributed by atoms with E-state index in [0.717, 1.165) is 0 Å². The molecule has 0 unspecified atom stereocenters. The van der Waals surface area contributed by atoms with Crippen molar-refractivity contribution in [1.82, 2.24) is 0 Å². The van der Waals surface area contributed by atoms with Crippen molar-refractivity contribution in [2.45, 2.75) is 25.4 Å². The molecule has 36 heavy (non-hydrogen) atoms. The molecule has 0 aromatic heterocycles. The topological polar surface area (TPSA) is 73.1 Å². The van der Waals surface area contributed by atoms with Crippen LogP contribution in [0.25, 0.3) is 11.1 Å². The lowest BCUT2D eigenvalue weighted by Gasteiger charge is -2.17. The number of benzene rings is 2. The number of aliphatic imine (C=N–C) groups is 1. The molecule has 0 bridgehead atoms. The van der Waals surface area contributed by atoms with Crippen LogP contribution in [0.4, 0.5) is 52.7 Å². The van der Waals surface area contributed by atoms with Crippen LogP contribution in [0.5, 0.6) is 23.0 Å². The predicted molar refractivity (Wildman–Crippen MR) is 89.9 cm³/mol. The summed E-state index contributed by atoms with van der Waals surface area (Å²) in [6.07, 6.45) is -21.1. The molecule has 0 radical (unpaired) electrons. The van der Waals surface area contributed by atoms with Crippen LogP contribution in [0, 0.1) is 11.5 Å². The van der Waals surface area contributed by atoms with Crippen LogP contribution in [0.2, 0.25) is 0 Å².